The van der Waals surface area contributed by atoms with Gasteiger partial charge >= 0.3 is 0 Å². The normalized spacial score (nSPS) is 18.5. The van der Waals surface area contributed by atoms with Crippen molar-refractivity contribution in [1.29, 1.82) is 0 Å². The van der Waals surface area contributed by atoms with E-state index < -0.39 is 11.9 Å². The first kappa shape index (κ1) is 28.8. The highest BCUT2D eigenvalue weighted by atomic mass is 35.5. The molecule has 4 N–H and O–H groups in total. The number of halogens is 2. The number of rotatable bonds is 12. The molecule has 41 heavy (non-hydrogen) atoms. The Kier molecular flexibility index (Phi) is 9.33. The lowest BCUT2D eigenvalue weighted by molar-refractivity contribution is -0.125. The molecule has 11 heteroatoms. The summed E-state index contributed by atoms with van der Waals surface area (Å²) < 4.78 is 22.0. The zero-order valence-electron chi connectivity index (χ0n) is 22.8. The number of carbonyl (C=O) groups excluding carboxylic acids is 1. The summed E-state index contributed by atoms with van der Waals surface area (Å²) in [6.45, 7) is 1.95. The lowest BCUT2D eigenvalue weighted by Crippen LogP contribution is -2.32. The molecule has 2 aromatic carbocycles. The van der Waals surface area contributed by atoms with Crippen LogP contribution in [0.1, 0.15) is 30.9 Å². The van der Waals surface area contributed by atoms with Crippen LogP contribution in [0.25, 0.3) is 11.0 Å². The van der Waals surface area contributed by atoms with Crippen molar-refractivity contribution in [3.05, 3.63) is 77.5 Å². The summed E-state index contributed by atoms with van der Waals surface area (Å²) >= 11 is 5.88. The number of carbonyl (C=O) groups is 1. The molecule has 0 bridgehead atoms. The van der Waals surface area contributed by atoms with Gasteiger partial charge in [0.25, 0.3) is 0 Å². The third kappa shape index (κ3) is 6.95. The molecule has 0 spiro atoms. The molecular weight excluding hydrogens is 547 g/mol. The predicted octanol–water partition coefficient (Wildman–Crippen LogP) is 4.71. The van der Waals surface area contributed by atoms with E-state index in [1.54, 1.807) is 37.4 Å². The maximum absolute atomic E-state index is 14.5. The summed E-state index contributed by atoms with van der Waals surface area (Å²) in [7, 11) is 1.81. The molecule has 1 fully saturated rings. The monoisotopic (exact) mass is 580 g/mol. The first-order chi connectivity index (χ1) is 19.9. The lowest BCUT2D eigenvalue weighted by Gasteiger charge is -2.17. The number of benzene rings is 2. The van der Waals surface area contributed by atoms with Crippen molar-refractivity contribution in [2.45, 2.75) is 37.8 Å². The summed E-state index contributed by atoms with van der Waals surface area (Å²) in [6.07, 6.45) is 5.17. The second-order valence-electron chi connectivity index (χ2n) is 10.2. The van der Waals surface area contributed by atoms with E-state index in [0.717, 1.165) is 35.4 Å². The Bertz CT molecular complexity index is 1480. The molecule has 3 atom stereocenters. The van der Waals surface area contributed by atoms with Crippen molar-refractivity contribution in [2.24, 2.45) is 5.92 Å². The topological polar surface area (TPSA) is 113 Å². The van der Waals surface area contributed by atoms with Gasteiger partial charge in [0, 0.05) is 30.7 Å². The van der Waals surface area contributed by atoms with Crippen LogP contribution < -0.4 is 20.7 Å². The molecular formula is C30H34ClFN6O3. The minimum absolute atomic E-state index is 0.0371. The minimum atomic E-state index is -0.626. The van der Waals surface area contributed by atoms with Crippen LogP contribution in [0.5, 0.6) is 11.5 Å². The number of nitrogens with one attached hydrogen (secondary N) is 3. The van der Waals surface area contributed by atoms with Gasteiger partial charge in [-0.1, -0.05) is 17.7 Å². The predicted molar refractivity (Wildman–Crippen MR) is 157 cm³/mol. The third-order valence-corrected chi connectivity index (χ3v) is 7.68. The third-order valence-electron chi connectivity index (χ3n) is 7.43. The highest BCUT2D eigenvalue weighted by Crippen LogP contribution is 2.37. The second-order valence-corrected chi connectivity index (χ2v) is 10.6. The lowest BCUT2D eigenvalue weighted by atomic mass is 10.1. The first-order valence-electron chi connectivity index (χ1n) is 13.8. The Morgan fingerprint density at radius 3 is 2.73 bits per heavy atom. The van der Waals surface area contributed by atoms with Gasteiger partial charge in [-0.15, -0.1) is 0 Å². The van der Waals surface area contributed by atoms with E-state index in [2.05, 4.69) is 25.9 Å². The molecule has 0 radical (unpaired) electrons. The molecule has 0 saturated heterocycles. The average Bonchev–Trinajstić information content (AvgIpc) is 3.58. The zero-order valence-corrected chi connectivity index (χ0v) is 23.6. The molecule has 2 heterocycles. The maximum Gasteiger partial charge on any atom is 0.223 e. The molecule has 2 aromatic heterocycles. The van der Waals surface area contributed by atoms with E-state index in [4.69, 9.17) is 16.3 Å². The molecule has 1 amide bonds. The Hall–Kier alpha value is -3.73. The first-order valence-corrected chi connectivity index (χ1v) is 14.2. The fourth-order valence-electron chi connectivity index (χ4n) is 5.28. The van der Waals surface area contributed by atoms with Crippen LogP contribution in [0.15, 0.2) is 61.1 Å². The number of amides is 1. The zero-order chi connectivity index (χ0) is 28.8. The molecule has 0 unspecified atom stereocenters. The Morgan fingerprint density at radius 2 is 1.95 bits per heavy atom. The summed E-state index contributed by atoms with van der Waals surface area (Å²) in [5, 5.41) is 21.6. The number of aliphatic hydroxyl groups is 1. The highest BCUT2D eigenvalue weighted by Gasteiger charge is 2.38. The molecule has 1 aliphatic rings. The number of ether oxygens (including phenoxy) is 1. The fraction of sp³-hybridized carbons (Fsp3) is 0.367. The van der Waals surface area contributed by atoms with Gasteiger partial charge in [-0.05, 0) is 86.8 Å². The van der Waals surface area contributed by atoms with Crippen molar-refractivity contribution in [3.8, 4) is 11.5 Å². The van der Waals surface area contributed by atoms with Gasteiger partial charge in [-0.25, -0.2) is 14.4 Å². The Morgan fingerprint density at radius 1 is 1.12 bits per heavy atom. The van der Waals surface area contributed by atoms with E-state index in [0.29, 0.717) is 43.1 Å². The number of aromatic nitrogens is 3. The number of hydrogen-bond donors (Lipinski definition) is 4. The quantitative estimate of drug-likeness (QED) is 0.180. The van der Waals surface area contributed by atoms with Crippen molar-refractivity contribution in [3.63, 3.8) is 0 Å². The maximum atomic E-state index is 14.5. The van der Waals surface area contributed by atoms with Gasteiger partial charge in [-0.3, -0.25) is 4.79 Å². The summed E-state index contributed by atoms with van der Waals surface area (Å²) in [4.78, 5) is 21.4. The van der Waals surface area contributed by atoms with Crippen molar-refractivity contribution in [2.75, 3.05) is 32.0 Å². The van der Waals surface area contributed by atoms with Crippen LogP contribution in [0.4, 0.5) is 10.2 Å². The molecule has 4 aromatic rings. The molecule has 216 valence electrons. The van der Waals surface area contributed by atoms with Gasteiger partial charge in [-0.2, -0.15) is 0 Å². The highest BCUT2D eigenvalue weighted by molar-refractivity contribution is 6.30. The fourth-order valence-corrected chi connectivity index (χ4v) is 5.41. The number of aliphatic hydroxyl groups excluding tert-OH is 1. The molecule has 1 saturated carbocycles. The van der Waals surface area contributed by atoms with Crippen molar-refractivity contribution in [1.82, 2.24) is 25.2 Å². The Labute approximate surface area is 243 Å². The van der Waals surface area contributed by atoms with Crippen LogP contribution in [-0.4, -0.2) is 58.3 Å². The smallest absolute Gasteiger partial charge is 0.223 e. The summed E-state index contributed by atoms with van der Waals surface area (Å²) in [5.74, 6) is 0.706. The van der Waals surface area contributed by atoms with Crippen LogP contribution in [0.3, 0.4) is 0 Å². The van der Waals surface area contributed by atoms with Crippen molar-refractivity contribution < 1.29 is 19.0 Å². The second kappa shape index (κ2) is 13.3. The number of hydrogen-bond acceptors (Lipinski definition) is 7. The van der Waals surface area contributed by atoms with Crippen LogP contribution in [0, 0.1) is 11.7 Å². The number of fused-ring (bicyclic) bond motifs is 1. The van der Waals surface area contributed by atoms with E-state index in [1.165, 1.54) is 12.4 Å². The Balaban J connectivity index is 1.00. The van der Waals surface area contributed by atoms with Gasteiger partial charge in [0.05, 0.1) is 17.5 Å². The van der Waals surface area contributed by atoms with Gasteiger partial charge < -0.3 is 30.4 Å². The van der Waals surface area contributed by atoms with Gasteiger partial charge in [0.15, 0.2) is 11.6 Å². The molecule has 1 aliphatic carbocycles. The average molecular weight is 581 g/mol. The minimum Gasteiger partial charge on any atom is -0.454 e. The van der Waals surface area contributed by atoms with E-state index in [-0.39, 0.29) is 23.6 Å². The molecule has 5 rings (SSSR count). The van der Waals surface area contributed by atoms with E-state index >= 15 is 0 Å². The summed E-state index contributed by atoms with van der Waals surface area (Å²) in [6, 6.07) is 13.4. The van der Waals surface area contributed by atoms with Crippen molar-refractivity contribution >= 4 is 34.4 Å². The SMILES string of the molecule is CNc1ncnc2c1ccn2[C@@H]1C[C@H](C(=O)NCCCNCCc2ccc(Oc3ccc(Cl)cc3)c(F)c2)C[C@H]1O. The van der Waals surface area contributed by atoms with E-state index in [1.807, 2.05) is 22.9 Å². The summed E-state index contributed by atoms with van der Waals surface area (Å²) in [5.41, 5.74) is 1.61. The van der Waals surface area contributed by atoms with Crippen LogP contribution in [-0.2, 0) is 11.2 Å². The molecule has 0 aliphatic heterocycles. The number of anilines is 1. The standard InChI is InChI=1S/C30H34ClFN6O3/c1-33-28-23-10-14-38(29(23)37-18-36-28)25-16-20(17-26(25)39)30(40)35-12-2-11-34-13-9-19-3-8-27(24(32)15-19)41-22-6-4-21(31)5-7-22/h3-8,10,14-15,18,20,25-26,34,39H,2,9,11-13,16-17H2,1H3,(H,35,40)(H,33,36,37)/t20-,25+,26+/m0/s1. The largest absolute Gasteiger partial charge is 0.454 e. The van der Waals surface area contributed by atoms with Gasteiger partial charge in [0.2, 0.25) is 5.91 Å². The molecule has 9 nitrogen and oxygen atoms in total. The van der Waals surface area contributed by atoms with Crippen LogP contribution in [0.2, 0.25) is 5.02 Å². The van der Waals surface area contributed by atoms with Gasteiger partial charge in [0.1, 0.15) is 23.5 Å². The van der Waals surface area contributed by atoms with E-state index in [9.17, 15) is 14.3 Å². The van der Waals surface area contributed by atoms with Crippen LogP contribution >= 0.6 is 11.6 Å². The number of nitrogens with zero attached hydrogens (tertiary/aromatic N) is 3.